The molecule has 0 fully saturated rings. The highest BCUT2D eigenvalue weighted by molar-refractivity contribution is 5.96. The number of benzene rings is 2. The van der Waals surface area contributed by atoms with Crippen molar-refractivity contribution < 1.29 is 9.53 Å². The van der Waals surface area contributed by atoms with Gasteiger partial charge in [-0.3, -0.25) is 4.79 Å². The lowest BCUT2D eigenvalue weighted by molar-refractivity contribution is 0.0948. The third kappa shape index (κ3) is 5.11. The first kappa shape index (κ1) is 17.0. The first-order valence-corrected chi connectivity index (χ1v) is 7.91. The van der Waals surface area contributed by atoms with E-state index in [9.17, 15) is 4.79 Å². The van der Waals surface area contributed by atoms with Crippen LogP contribution in [0, 0.1) is 6.92 Å². The highest BCUT2D eigenvalue weighted by Gasteiger charge is 2.11. The maximum absolute atomic E-state index is 12.3. The number of aryl methyl sites for hydroxylation is 1. The summed E-state index contributed by atoms with van der Waals surface area (Å²) in [4.78, 5) is 12.3. The summed E-state index contributed by atoms with van der Waals surface area (Å²) >= 11 is 0. The van der Waals surface area contributed by atoms with E-state index in [2.05, 4.69) is 23.6 Å². The zero-order valence-electron chi connectivity index (χ0n) is 13.8. The van der Waals surface area contributed by atoms with Gasteiger partial charge in [0.1, 0.15) is 12.4 Å². The van der Waals surface area contributed by atoms with Crippen LogP contribution in [0.25, 0.3) is 0 Å². The predicted octanol–water partition coefficient (Wildman–Crippen LogP) is 2.91. The quantitative estimate of drug-likeness (QED) is 0.737. The molecule has 4 heteroatoms. The van der Waals surface area contributed by atoms with E-state index >= 15 is 0 Å². The summed E-state index contributed by atoms with van der Waals surface area (Å²) in [6.07, 6.45) is 0.897. The van der Waals surface area contributed by atoms with Gasteiger partial charge in [-0.15, -0.1) is 0 Å². The third-order valence-corrected chi connectivity index (χ3v) is 3.67. The lowest BCUT2D eigenvalue weighted by Gasteiger charge is -2.13. The number of carbonyl (C=O) groups excluding carboxylic acids is 1. The second kappa shape index (κ2) is 8.96. The number of rotatable bonds is 8. The molecule has 122 valence electrons. The Hall–Kier alpha value is -2.33. The van der Waals surface area contributed by atoms with Gasteiger partial charge in [-0.05, 0) is 50.2 Å². The van der Waals surface area contributed by atoms with Crippen molar-refractivity contribution in [3.05, 3.63) is 65.2 Å². The van der Waals surface area contributed by atoms with Crippen molar-refractivity contribution in [3.8, 4) is 5.75 Å². The number of nitrogens with one attached hydrogen (secondary N) is 2. The molecule has 0 heterocycles. The van der Waals surface area contributed by atoms with Crippen LogP contribution >= 0.6 is 0 Å². The third-order valence-electron chi connectivity index (χ3n) is 3.67. The molecular weight excluding hydrogens is 288 g/mol. The van der Waals surface area contributed by atoms with E-state index in [1.807, 2.05) is 43.4 Å². The molecule has 0 spiro atoms. The van der Waals surface area contributed by atoms with Crippen LogP contribution in [-0.2, 0) is 6.61 Å². The SMILES string of the molecule is CNCCCNC(=O)c1ccccc1OCc1ccccc1C. The zero-order valence-corrected chi connectivity index (χ0v) is 13.8. The van der Waals surface area contributed by atoms with Crippen molar-refractivity contribution in [2.24, 2.45) is 0 Å². The molecule has 0 aliphatic carbocycles. The smallest absolute Gasteiger partial charge is 0.255 e. The molecule has 0 bridgehead atoms. The van der Waals surface area contributed by atoms with Crippen molar-refractivity contribution in [1.82, 2.24) is 10.6 Å². The van der Waals surface area contributed by atoms with Crippen LogP contribution in [0.3, 0.4) is 0 Å². The topological polar surface area (TPSA) is 50.4 Å². The predicted molar refractivity (Wildman–Crippen MR) is 92.8 cm³/mol. The molecule has 4 nitrogen and oxygen atoms in total. The first-order valence-electron chi connectivity index (χ1n) is 7.91. The van der Waals surface area contributed by atoms with Crippen LogP contribution in [0.1, 0.15) is 27.9 Å². The molecule has 0 saturated heterocycles. The second-order valence-electron chi connectivity index (χ2n) is 5.42. The lowest BCUT2D eigenvalue weighted by atomic mass is 10.1. The van der Waals surface area contributed by atoms with E-state index < -0.39 is 0 Å². The summed E-state index contributed by atoms with van der Waals surface area (Å²) in [5, 5.41) is 5.99. The standard InChI is InChI=1S/C19H24N2O2/c1-15-8-3-4-9-16(15)14-23-18-11-6-5-10-17(18)19(22)21-13-7-12-20-2/h3-6,8-11,20H,7,12-14H2,1-2H3,(H,21,22). The Morgan fingerprint density at radius 3 is 2.57 bits per heavy atom. The molecule has 0 aliphatic heterocycles. The Labute approximate surface area is 137 Å². The van der Waals surface area contributed by atoms with E-state index in [4.69, 9.17) is 4.74 Å². The minimum absolute atomic E-state index is 0.0958. The molecule has 0 unspecified atom stereocenters. The van der Waals surface area contributed by atoms with E-state index in [-0.39, 0.29) is 5.91 Å². The summed E-state index contributed by atoms with van der Waals surface area (Å²) < 4.78 is 5.88. The second-order valence-corrected chi connectivity index (χ2v) is 5.42. The molecule has 2 N–H and O–H groups in total. The van der Waals surface area contributed by atoms with Gasteiger partial charge in [0.2, 0.25) is 0 Å². The van der Waals surface area contributed by atoms with Crippen LogP contribution in [0.2, 0.25) is 0 Å². The number of ether oxygens (including phenoxy) is 1. The van der Waals surface area contributed by atoms with Crippen molar-refractivity contribution in [2.45, 2.75) is 20.0 Å². The van der Waals surface area contributed by atoms with Crippen LogP contribution in [0.5, 0.6) is 5.75 Å². The first-order chi connectivity index (χ1) is 11.2. The molecule has 0 aliphatic rings. The summed E-state index contributed by atoms with van der Waals surface area (Å²) in [7, 11) is 1.90. The van der Waals surface area contributed by atoms with Gasteiger partial charge < -0.3 is 15.4 Å². The lowest BCUT2D eigenvalue weighted by Crippen LogP contribution is -2.27. The van der Waals surface area contributed by atoms with Gasteiger partial charge in [-0.2, -0.15) is 0 Å². The highest BCUT2D eigenvalue weighted by atomic mass is 16.5. The number of hydrogen-bond acceptors (Lipinski definition) is 3. The van der Waals surface area contributed by atoms with Crippen molar-refractivity contribution in [1.29, 1.82) is 0 Å². The molecule has 23 heavy (non-hydrogen) atoms. The molecular formula is C19H24N2O2. The van der Waals surface area contributed by atoms with Gasteiger partial charge in [0.25, 0.3) is 5.91 Å². The Morgan fingerprint density at radius 1 is 1.04 bits per heavy atom. The summed E-state index contributed by atoms with van der Waals surface area (Å²) in [6.45, 7) is 4.04. The molecule has 2 rings (SSSR count). The van der Waals surface area contributed by atoms with Gasteiger partial charge in [0, 0.05) is 6.54 Å². The maximum Gasteiger partial charge on any atom is 0.255 e. The highest BCUT2D eigenvalue weighted by Crippen LogP contribution is 2.20. The Kier molecular flexibility index (Phi) is 6.63. The largest absolute Gasteiger partial charge is 0.488 e. The maximum atomic E-state index is 12.3. The number of amides is 1. The van der Waals surface area contributed by atoms with Crippen LogP contribution in [0.4, 0.5) is 0 Å². The number of para-hydroxylation sites is 1. The van der Waals surface area contributed by atoms with Gasteiger partial charge in [-0.1, -0.05) is 36.4 Å². The van der Waals surface area contributed by atoms with E-state index in [0.29, 0.717) is 24.5 Å². The molecule has 0 atom stereocenters. The number of hydrogen-bond donors (Lipinski definition) is 2. The van der Waals surface area contributed by atoms with E-state index in [1.54, 1.807) is 6.07 Å². The van der Waals surface area contributed by atoms with Crippen molar-refractivity contribution >= 4 is 5.91 Å². The molecule has 2 aromatic carbocycles. The van der Waals surface area contributed by atoms with Crippen LogP contribution in [-0.4, -0.2) is 26.0 Å². The van der Waals surface area contributed by atoms with Gasteiger partial charge in [0.05, 0.1) is 5.56 Å². The minimum Gasteiger partial charge on any atom is -0.488 e. The van der Waals surface area contributed by atoms with E-state index in [0.717, 1.165) is 18.5 Å². The minimum atomic E-state index is -0.0958. The Balaban J connectivity index is 2.00. The van der Waals surface area contributed by atoms with Gasteiger partial charge >= 0.3 is 0 Å². The van der Waals surface area contributed by atoms with Gasteiger partial charge in [0.15, 0.2) is 0 Å². The summed E-state index contributed by atoms with van der Waals surface area (Å²) in [5.41, 5.74) is 2.88. The monoisotopic (exact) mass is 312 g/mol. The fourth-order valence-corrected chi connectivity index (χ4v) is 2.27. The summed E-state index contributed by atoms with van der Waals surface area (Å²) in [6, 6.07) is 15.4. The molecule has 0 aromatic heterocycles. The zero-order chi connectivity index (χ0) is 16.5. The molecule has 0 radical (unpaired) electrons. The fraction of sp³-hybridized carbons (Fsp3) is 0.316. The fourth-order valence-electron chi connectivity index (χ4n) is 2.27. The average Bonchev–Trinajstić information content (AvgIpc) is 2.58. The molecule has 0 saturated carbocycles. The molecule has 1 amide bonds. The normalized spacial score (nSPS) is 10.3. The Bertz CT molecular complexity index is 641. The van der Waals surface area contributed by atoms with Gasteiger partial charge in [-0.25, -0.2) is 0 Å². The van der Waals surface area contributed by atoms with Crippen LogP contribution in [0.15, 0.2) is 48.5 Å². The summed E-state index contributed by atoms with van der Waals surface area (Å²) in [5.74, 6) is 0.517. The average molecular weight is 312 g/mol. The van der Waals surface area contributed by atoms with E-state index in [1.165, 1.54) is 5.56 Å². The Morgan fingerprint density at radius 2 is 1.78 bits per heavy atom. The number of carbonyl (C=O) groups is 1. The van der Waals surface area contributed by atoms with Crippen LogP contribution < -0.4 is 15.4 Å². The molecule has 2 aromatic rings. The van der Waals surface area contributed by atoms with Crippen molar-refractivity contribution in [3.63, 3.8) is 0 Å². The van der Waals surface area contributed by atoms with Crippen molar-refractivity contribution in [2.75, 3.05) is 20.1 Å².